The number of nitrogens with one attached hydrogen (secondary N) is 1. The van der Waals surface area contributed by atoms with E-state index in [-0.39, 0.29) is 18.4 Å². The van der Waals surface area contributed by atoms with Gasteiger partial charge in [-0.25, -0.2) is 10.8 Å². The first kappa shape index (κ1) is 17.4. The molecular weight excluding hydrogens is 293 g/mol. The third-order valence-corrected chi connectivity index (χ3v) is 2.24. The Kier molecular flexibility index (Phi) is 7.12. The molecule has 0 fully saturated rings. The molecule has 0 saturated heterocycles. The van der Waals surface area contributed by atoms with Gasteiger partial charge in [0.05, 0.1) is 19.8 Å². The summed E-state index contributed by atoms with van der Waals surface area (Å²) in [6, 6.07) is 0.715. The van der Waals surface area contributed by atoms with Crippen LogP contribution < -0.4 is 16.0 Å². The van der Waals surface area contributed by atoms with Gasteiger partial charge < -0.3 is 14.2 Å². The van der Waals surface area contributed by atoms with Crippen molar-refractivity contribution in [3.05, 3.63) is 11.8 Å². The van der Waals surface area contributed by atoms with Crippen molar-refractivity contribution in [2.24, 2.45) is 5.84 Å². The minimum absolute atomic E-state index is 0.158. The highest BCUT2D eigenvalue weighted by atomic mass is 19.4. The predicted octanol–water partition coefficient (Wildman–Crippen LogP) is 1.21. The fourth-order valence-corrected chi connectivity index (χ4v) is 1.29. The van der Waals surface area contributed by atoms with Crippen LogP contribution in [0.15, 0.2) is 6.07 Å². The van der Waals surface area contributed by atoms with Crippen LogP contribution in [-0.2, 0) is 15.7 Å². The number of hydrazine groups is 1. The summed E-state index contributed by atoms with van der Waals surface area (Å²) in [7, 11) is 1.56. The molecule has 0 aliphatic rings. The van der Waals surface area contributed by atoms with Gasteiger partial charge in [0, 0.05) is 26.2 Å². The second-order valence-electron chi connectivity index (χ2n) is 3.86. The van der Waals surface area contributed by atoms with Crippen LogP contribution in [0.1, 0.15) is 12.1 Å². The molecule has 0 unspecified atom stereocenters. The Morgan fingerprint density at radius 1 is 1.19 bits per heavy atom. The monoisotopic (exact) mass is 310 g/mol. The molecule has 0 aromatic carbocycles. The fourth-order valence-electron chi connectivity index (χ4n) is 1.29. The summed E-state index contributed by atoms with van der Waals surface area (Å²) < 4.78 is 52.9. The van der Waals surface area contributed by atoms with Crippen LogP contribution in [0.2, 0.25) is 0 Å². The maximum atomic E-state index is 12.6. The van der Waals surface area contributed by atoms with Crippen molar-refractivity contribution in [2.75, 3.05) is 39.0 Å². The average molecular weight is 310 g/mol. The lowest BCUT2D eigenvalue weighted by molar-refractivity contribution is -0.141. The van der Waals surface area contributed by atoms with Crippen LogP contribution >= 0.6 is 0 Å². The molecule has 0 radical (unpaired) electrons. The van der Waals surface area contributed by atoms with Gasteiger partial charge in [0.15, 0.2) is 5.69 Å². The molecule has 0 aliphatic heterocycles. The molecular formula is C11H17F3N4O3. The Balaban J connectivity index is 2.47. The Labute approximate surface area is 119 Å². The molecule has 3 N–H and O–H groups in total. The quantitative estimate of drug-likeness (QED) is 0.402. The Morgan fingerprint density at radius 3 is 2.57 bits per heavy atom. The number of hydrogen-bond donors (Lipinski definition) is 2. The first-order valence-corrected chi connectivity index (χ1v) is 6.09. The highest BCUT2D eigenvalue weighted by Gasteiger charge is 2.34. The topological polar surface area (TPSA) is 91.5 Å². The molecule has 0 saturated carbocycles. The smallest absolute Gasteiger partial charge is 0.433 e. The molecule has 0 aliphatic carbocycles. The van der Waals surface area contributed by atoms with E-state index in [1.807, 2.05) is 5.43 Å². The summed E-state index contributed by atoms with van der Waals surface area (Å²) in [5, 5.41) is 0. The number of methoxy groups -OCH3 is 1. The van der Waals surface area contributed by atoms with Crippen LogP contribution in [0.5, 0.6) is 5.88 Å². The van der Waals surface area contributed by atoms with E-state index in [4.69, 9.17) is 20.1 Å². The highest BCUT2D eigenvalue weighted by molar-refractivity contribution is 5.30. The first-order valence-electron chi connectivity index (χ1n) is 6.09. The number of alkyl halides is 3. The average Bonchev–Trinajstić information content (AvgIpc) is 2.45. The van der Waals surface area contributed by atoms with Gasteiger partial charge in [0.1, 0.15) is 0 Å². The summed E-state index contributed by atoms with van der Waals surface area (Å²) in [6.45, 7) is 1.49. The predicted molar refractivity (Wildman–Crippen MR) is 67.7 cm³/mol. The van der Waals surface area contributed by atoms with Crippen molar-refractivity contribution in [1.29, 1.82) is 0 Å². The van der Waals surface area contributed by atoms with Gasteiger partial charge in [-0.05, 0) is 0 Å². The minimum Gasteiger partial charge on any atom is -0.477 e. The molecule has 0 bridgehead atoms. The van der Waals surface area contributed by atoms with E-state index in [0.717, 1.165) is 0 Å². The Morgan fingerprint density at radius 2 is 1.95 bits per heavy atom. The van der Waals surface area contributed by atoms with Crippen LogP contribution in [0.3, 0.4) is 0 Å². The molecule has 0 spiro atoms. The molecule has 0 amide bonds. The molecule has 1 aromatic rings. The van der Waals surface area contributed by atoms with Gasteiger partial charge in [0.25, 0.3) is 0 Å². The summed E-state index contributed by atoms with van der Waals surface area (Å²) in [5.41, 5.74) is 0.836. The zero-order chi connectivity index (χ0) is 15.7. The van der Waals surface area contributed by atoms with Crippen molar-refractivity contribution < 1.29 is 27.4 Å². The van der Waals surface area contributed by atoms with Crippen LogP contribution in [-0.4, -0.2) is 43.5 Å². The van der Waals surface area contributed by atoms with Crippen molar-refractivity contribution in [1.82, 2.24) is 9.97 Å². The summed E-state index contributed by atoms with van der Waals surface area (Å²) in [6.07, 6.45) is -4.10. The lowest BCUT2D eigenvalue weighted by Crippen LogP contribution is -2.16. The largest absolute Gasteiger partial charge is 0.477 e. The van der Waals surface area contributed by atoms with E-state index >= 15 is 0 Å². The number of nitrogens with two attached hydrogens (primary N) is 1. The lowest BCUT2D eigenvalue weighted by atomic mass is 10.4. The SMILES string of the molecule is COCCOCCCOc1cc(C(F)(F)F)nc(NN)n1. The van der Waals surface area contributed by atoms with Crippen molar-refractivity contribution in [3.63, 3.8) is 0 Å². The summed E-state index contributed by atoms with van der Waals surface area (Å²) >= 11 is 0. The van der Waals surface area contributed by atoms with Crippen molar-refractivity contribution in [2.45, 2.75) is 12.6 Å². The standard InChI is InChI=1S/C11H17F3N4O3/c1-19-5-6-20-3-2-4-21-9-7-8(11(12,13)14)16-10(17-9)18-15/h7H,2-6,15H2,1H3,(H,16,17,18). The number of rotatable bonds is 9. The second kappa shape index (κ2) is 8.60. The van der Waals surface area contributed by atoms with Crippen LogP contribution in [0, 0.1) is 0 Å². The third-order valence-electron chi connectivity index (χ3n) is 2.24. The van der Waals surface area contributed by atoms with Crippen molar-refractivity contribution >= 4 is 5.95 Å². The molecule has 1 heterocycles. The first-order chi connectivity index (χ1) is 9.97. The van der Waals surface area contributed by atoms with E-state index in [1.54, 1.807) is 7.11 Å². The van der Waals surface area contributed by atoms with Gasteiger partial charge in [-0.2, -0.15) is 18.2 Å². The molecule has 120 valence electrons. The molecule has 21 heavy (non-hydrogen) atoms. The fraction of sp³-hybridized carbons (Fsp3) is 0.636. The van der Waals surface area contributed by atoms with Crippen LogP contribution in [0.4, 0.5) is 19.1 Å². The maximum absolute atomic E-state index is 12.6. The van der Waals surface area contributed by atoms with Crippen LogP contribution in [0.25, 0.3) is 0 Å². The summed E-state index contributed by atoms with van der Waals surface area (Å²) in [4.78, 5) is 6.89. The molecule has 1 rings (SSSR count). The minimum atomic E-state index is -4.60. The Bertz CT molecular complexity index is 432. The van der Waals surface area contributed by atoms with Crippen molar-refractivity contribution in [3.8, 4) is 5.88 Å². The number of hydrogen-bond acceptors (Lipinski definition) is 7. The van der Waals surface area contributed by atoms with E-state index in [1.165, 1.54) is 0 Å². The third kappa shape index (κ3) is 6.56. The maximum Gasteiger partial charge on any atom is 0.433 e. The van der Waals surface area contributed by atoms with E-state index < -0.39 is 11.9 Å². The van der Waals surface area contributed by atoms with Gasteiger partial charge in [-0.1, -0.05) is 0 Å². The van der Waals surface area contributed by atoms with Gasteiger partial charge in [-0.3, -0.25) is 5.43 Å². The number of ether oxygens (including phenoxy) is 3. The normalized spacial score (nSPS) is 11.5. The lowest BCUT2D eigenvalue weighted by Gasteiger charge is -2.11. The molecule has 10 heteroatoms. The molecule has 1 aromatic heterocycles. The number of halogens is 3. The van der Waals surface area contributed by atoms with E-state index in [9.17, 15) is 13.2 Å². The van der Waals surface area contributed by atoms with Gasteiger partial charge >= 0.3 is 6.18 Å². The Hall–Kier alpha value is -1.65. The zero-order valence-electron chi connectivity index (χ0n) is 11.4. The molecule has 0 atom stereocenters. The number of nitrogens with zero attached hydrogens (tertiary/aromatic N) is 2. The van der Waals surface area contributed by atoms with Gasteiger partial charge in [0.2, 0.25) is 11.8 Å². The van der Waals surface area contributed by atoms with Gasteiger partial charge in [-0.15, -0.1) is 0 Å². The number of anilines is 1. The number of aromatic nitrogens is 2. The molecule has 7 nitrogen and oxygen atoms in total. The van der Waals surface area contributed by atoms with E-state index in [2.05, 4.69) is 9.97 Å². The number of nitrogen functional groups attached to an aromatic ring is 1. The summed E-state index contributed by atoms with van der Waals surface area (Å²) in [5.74, 6) is 4.45. The second-order valence-corrected chi connectivity index (χ2v) is 3.86. The highest BCUT2D eigenvalue weighted by Crippen LogP contribution is 2.30. The zero-order valence-corrected chi connectivity index (χ0v) is 11.4. The van der Waals surface area contributed by atoms with E-state index in [0.29, 0.717) is 32.3 Å².